The zero-order valence-corrected chi connectivity index (χ0v) is 10.7. The maximum absolute atomic E-state index is 5.44. The molecule has 2 heterocycles. The smallest absolute Gasteiger partial charge is 0.199 e. The van der Waals surface area contributed by atoms with Crippen LogP contribution in [0.1, 0.15) is 20.3 Å². The summed E-state index contributed by atoms with van der Waals surface area (Å²) in [4.78, 5) is 4.13. The molecule has 3 rings (SSSR count). The predicted molar refractivity (Wildman–Crippen MR) is 65.2 cm³/mol. The number of methoxy groups -OCH3 is 1. The second-order valence-corrected chi connectivity index (χ2v) is 5.22. The summed E-state index contributed by atoms with van der Waals surface area (Å²) >= 11 is 0. The zero-order chi connectivity index (χ0) is 12.8. The molecule has 7 heteroatoms. The second-order valence-electron chi connectivity index (χ2n) is 5.22. The molecule has 0 saturated heterocycles. The average molecular weight is 248 g/mol. The van der Waals surface area contributed by atoms with Crippen LogP contribution in [0, 0.1) is 5.41 Å². The molecule has 7 nitrogen and oxygen atoms in total. The van der Waals surface area contributed by atoms with E-state index in [1.165, 1.54) is 0 Å². The maximum atomic E-state index is 5.44. The van der Waals surface area contributed by atoms with Crippen LogP contribution in [0.5, 0.6) is 0 Å². The lowest BCUT2D eigenvalue weighted by Crippen LogP contribution is -2.57. The van der Waals surface area contributed by atoms with Crippen molar-refractivity contribution in [1.82, 2.24) is 25.0 Å². The number of tetrazole rings is 1. The fourth-order valence-corrected chi connectivity index (χ4v) is 2.48. The molecule has 1 aliphatic rings. The summed E-state index contributed by atoms with van der Waals surface area (Å²) in [5.41, 5.74) is 0.727. The highest BCUT2D eigenvalue weighted by Gasteiger charge is 2.48. The van der Waals surface area contributed by atoms with Gasteiger partial charge < -0.3 is 10.1 Å². The Labute approximate surface area is 105 Å². The number of ether oxygens (including phenoxy) is 1. The van der Waals surface area contributed by atoms with Crippen molar-refractivity contribution in [3.05, 3.63) is 12.4 Å². The molecule has 1 N–H and O–H groups in total. The van der Waals surface area contributed by atoms with E-state index in [2.05, 4.69) is 39.7 Å². The summed E-state index contributed by atoms with van der Waals surface area (Å²) in [6.45, 7) is 4.38. The van der Waals surface area contributed by atoms with Gasteiger partial charge in [0.1, 0.15) is 0 Å². The predicted octanol–water partition coefficient (Wildman–Crippen LogP) is 0.745. The minimum absolute atomic E-state index is 0.0882. The number of rotatable bonds is 3. The highest BCUT2D eigenvalue weighted by Crippen LogP contribution is 2.43. The van der Waals surface area contributed by atoms with E-state index in [0.717, 1.165) is 12.2 Å². The van der Waals surface area contributed by atoms with Gasteiger partial charge in [-0.1, -0.05) is 13.8 Å². The largest absolute Gasteiger partial charge is 0.381 e. The molecule has 1 aliphatic carbocycles. The molecule has 2 aromatic heterocycles. The Balaban J connectivity index is 1.84. The lowest BCUT2D eigenvalue weighted by atomic mass is 9.64. The van der Waals surface area contributed by atoms with E-state index in [1.54, 1.807) is 24.0 Å². The van der Waals surface area contributed by atoms with Gasteiger partial charge in [-0.05, 0) is 16.8 Å². The van der Waals surface area contributed by atoms with E-state index >= 15 is 0 Å². The minimum Gasteiger partial charge on any atom is -0.381 e. The average Bonchev–Trinajstić information content (AvgIpc) is 2.82. The van der Waals surface area contributed by atoms with Crippen LogP contribution in [0.2, 0.25) is 0 Å². The standard InChI is InChI=1S/C11H16N6O/c1-11(2)7(4-8(11)18-3)13-9-5-12-6-10-14-15-16-17(9)10/h5-8,13H,4H2,1-3H3. The van der Waals surface area contributed by atoms with Crippen molar-refractivity contribution in [2.75, 3.05) is 12.4 Å². The van der Waals surface area contributed by atoms with E-state index in [1.807, 2.05) is 0 Å². The second kappa shape index (κ2) is 3.88. The molecular weight excluding hydrogens is 232 g/mol. The van der Waals surface area contributed by atoms with Gasteiger partial charge in [0.15, 0.2) is 11.5 Å². The van der Waals surface area contributed by atoms with Crippen LogP contribution in [0.25, 0.3) is 5.65 Å². The Morgan fingerprint density at radius 2 is 2.28 bits per heavy atom. The molecule has 1 saturated carbocycles. The van der Waals surface area contributed by atoms with Crippen molar-refractivity contribution in [3.8, 4) is 0 Å². The third kappa shape index (κ3) is 1.54. The van der Waals surface area contributed by atoms with Gasteiger partial charge in [0.25, 0.3) is 0 Å². The van der Waals surface area contributed by atoms with Crippen molar-refractivity contribution in [2.24, 2.45) is 5.41 Å². The first-order valence-electron chi connectivity index (χ1n) is 5.94. The van der Waals surface area contributed by atoms with Gasteiger partial charge in [-0.25, -0.2) is 0 Å². The topological polar surface area (TPSA) is 77.2 Å². The van der Waals surface area contributed by atoms with Gasteiger partial charge in [0, 0.05) is 18.6 Å². The van der Waals surface area contributed by atoms with Crippen LogP contribution in [-0.2, 0) is 4.74 Å². The summed E-state index contributed by atoms with van der Waals surface area (Å²) in [6.07, 6.45) is 4.63. The molecule has 0 aliphatic heterocycles. The van der Waals surface area contributed by atoms with Crippen LogP contribution >= 0.6 is 0 Å². The third-order valence-electron chi connectivity index (χ3n) is 3.89. The Hall–Kier alpha value is -1.76. The Bertz CT molecular complexity index is 565. The van der Waals surface area contributed by atoms with Crippen molar-refractivity contribution in [3.63, 3.8) is 0 Å². The summed E-state index contributed by atoms with van der Waals surface area (Å²) in [7, 11) is 1.76. The number of nitrogens with zero attached hydrogens (tertiary/aromatic N) is 5. The highest BCUT2D eigenvalue weighted by atomic mass is 16.5. The number of anilines is 1. The molecular formula is C11H16N6O. The number of hydrogen-bond acceptors (Lipinski definition) is 6. The van der Waals surface area contributed by atoms with Crippen molar-refractivity contribution >= 4 is 11.5 Å². The van der Waals surface area contributed by atoms with E-state index in [9.17, 15) is 0 Å². The minimum atomic E-state index is 0.0882. The summed E-state index contributed by atoms with van der Waals surface area (Å²) < 4.78 is 7.10. The SMILES string of the molecule is COC1CC(Nc2cncc3nnnn23)C1(C)C. The summed E-state index contributed by atoms with van der Waals surface area (Å²) in [5, 5.41) is 14.9. The molecule has 0 bridgehead atoms. The molecule has 1 fully saturated rings. The van der Waals surface area contributed by atoms with Crippen molar-refractivity contribution < 1.29 is 4.74 Å². The summed E-state index contributed by atoms with van der Waals surface area (Å²) in [6, 6.07) is 0.332. The maximum Gasteiger partial charge on any atom is 0.199 e. The highest BCUT2D eigenvalue weighted by molar-refractivity contribution is 5.45. The molecule has 0 amide bonds. The lowest BCUT2D eigenvalue weighted by Gasteiger charge is -2.51. The van der Waals surface area contributed by atoms with Crippen molar-refractivity contribution in [2.45, 2.75) is 32.4 Å². The van der Waals surface area contributed by atoms with Crippen molar-refractivity contribution in [1.29, 1.82) is 0 Å². The molecule has 96 valence electrons. The van der Waals surface area contributed by atoms with Gasteiger partial charge in [0.05, 0.1) is 18.5 Å². The Morgan fingerprint density at radius 3 is 3.00 bits per heavy atom. The zero-order valence-electron chi connectivity index (χ0n) is 10.7. The van der Waals surface area contributed by atoms with Gasteiger partial charge in [0.2, 0.25) is 0 Å². The first kappa shape index (κ1) is 11.3. The van der Waals surface area contributed by atoms with E-state index in [4.69, 9.17) is 4.74 Å². The quantitative estimate of drug-likeness (QED) is 0.863. The first-order valence-corrected chi connectivity index (χ1v) is 5.94. The molecule has 0 spiro atoms. The van der Waals surface area contributed by atoms with E-state index < -0.39 is 0 Å². The Morgan fingerprint density at radius 1 is 1.44 bits per heavy atom. The fourth-order valence-electron chi connectivity index (χ4n) is 2.48. The van der Waals surface area contributed by atoms with E-state index in [0.29, 0.717) is 11.7 Å². The van der Waals surface area contributed by atoms with Crippen LogP contribution in [0.4, 0.5) is 5.82 Å². The van der Waals surface area contributed by atoms with Crippen LogP contribution in [-0.4, -0.2) is 44.3 Å². The Kier molecular flexibility index (Phi) is 2.44. The third-order valence-corrected chi connectivity index (χ3v) is 3.89. The van der Waals surface area contributed by atoms with Crippen LogP contribution in [0.15, 0.2) is 12.4 Å². The van der Waals surface area contributed by atoms with Gasteiger partial charge in [-0.15, -0.1) is 5.10 Å². The van der Waals surface area contributed by atoms with Crippen LogP contribution < -0.4 is 5.32 Å². The molecule has 18 heavy (non-hydrogen) atoms. The normalized spacial score (nSPS) is 25.9. The van der Waals surface area contributed by atoms with Crippen LogP contribution in [0.3, 0.4) is 0 Å². The van der Waals surface area contributed by atoms with Gasteiger partial charge >= 0.3 is 0 Å². The number of fused-ring (bicyclic) bond motifs is 1. The molecule has 2 atom stereocenters. The van der Waals surface area contributed by atoms with Gasteiger partial charge in [-0.3, -0.25) is 4.98 Å². The number of hydrogen-bond donors (Lipinski definition) is 1. The first-order chi connectivity index (χ1) is 8.63. The number of nitrogens with one attached hydrogen (secondary N) is 1. The fraction of sp³-hybridized carbons (Fsp3) is 0.636. The molecule has 0 aromatic carbocycles. The summed E-state index contributed by atoms with van der Waals surface area (Å²) in [5.74, 6) is 0.810. The molecule has 2 unspecified atom stereocenters. The van der Waals surface area contributed by atoms with Gasteiger partial charge in [-0.2, -0.15) is 4.52 Å². The molecule has 0 radical (unpaired) electrons. The number of aromatic nitrogens is 5. The monoisotopic (exact) mass is 248 g/mol. The van der Waals surface area contributed by atoms with E-state index in [-0.39, 0.29) is 11.5 Å². The molecule has 2 aromatic rings. The lowest BCUT2D eigenvalue weighted by molar-refractivity contribution is -0.0796.